The second-order valence-corrected chi connectivity index (χ2v) is 7.29. The number of nitrogens with one attached hydrogen (secondary N) is 2. The molecule has 0 saturated carbocycles. The lowest BCUT2D eigenvalue weighted by Gasteiger charge is -2.35. The fraction of sp³-hybridized carbons (Fsp3) is 0.217. The van der Waals surface area contributed by atoms with E-state index in [2.05, 4.69) is 51.9 Å². The van der Waals surface area contributed by atoms with Gasteiger partial charge in [0.1, 0.15) is 0 Å². The van der Waals surface area contributed by atoms with Crippen molar-refractivity contribution in [1.29, 1.82) is 0 Å². The maximum atomic E-state index is 6.32. The standard InChI is InChI=1S/C23H22N4O/c1-2-4-18(5-3-1)21-16-25-22(28-21)23(10-12-24-13-11-23)20-8-6-17(7-9-20)19-14-26-27-15-19/h1-9,14-16,24H,10-13H2,(H,26,27). The molecule has 1 aliphatic heterocycles. The molecule has 1 fully saturated rings. The van der Waals surface area contributed by atoms with Crippen LogP contribution in [0, 0.1) is 0 Å². The van der Waals surface area contributed by atoms with Gasteiger partial charge in [-0.1, -0.05) is 54.6 Å². The number of nitrogens with zero attached hydrogens (tertiary/aromatic N) is 2. The number of rotatable bonds is 4. The van der Waals surface area contributed by atoms with Gasteiger partial charge < -0.3 is 9.73 Å². The number of hydrogen-bond donors (Lipinski definition) is 2. The molecule has 3 heterocycles. The van der Waals surface area contributed by atoms with E-state index in [-0.39, 0.29) is 5.41 Å². The maximum Gasteiger partial charge on any atom is 0.205 e. The first-order chi connectivity index (χ1) is 13.9. The third kappa shape index (κ3) is 2.94. The molecule has 0 radical (unpaired) electrons. The fourth-order valence-electron chi connectivity index (χ4n) is 4.10. The Morgan fingerprint density at radius 3 is 2.32 bits per heavy atom. The summed E-state index contributed by atoms with van der Waals surface area (Å²) in [6, 6.07) is 18.9. The number of piperidine rings is 1. The average molecular weight is 370 g/mol. The van der Waals surface area contributed by atoms with Crippen LogP contribution in [-0.4, -0.2) is 28.3 Å². The Hall–Kier alpha value is -3.18. The van der Waals surface area contributed by atoms with Gasteiger partial charge in [0.25, 0.3) is 0 Å². The van der Waals surface area contributed by atoms with E-state index in [0.29, 0.717) is 0 Å². The number of oxazole rings is 1. The smallest absolute Gasteiger partial charge is 0.205 e. The van der Waals surface area contributed by atoms with Crippen molar-refractivity contribution in [3.63, 3.8) is 0 Å². The summed E-state index contributed by atoms with van der Waals surface area (Å²) in [6.45, 7) is 1.90. The van der Waals surface area contributed by atoms with Gasteiger partial charge in [-0.05, 0) is 37.1 Å². The molecule has 5 heteroatoms. The van der Waals surface area contributed by atoms with Gasteiger partial charge >= 0.3 is 0 Å². The Morgan fingerprint density at radius 2 is 1.61 bits per heavy atom. The fourth-order valence-corrected chi connectivity index (χ4v) is 4.10. The molecule has 0 aliphatic carbocycles. The van der Waals surface area contributed by atoms with Gasteiger partial charge in [0, 0.05) is 17.3 Å². The lowest BCUT2D eigenvalue weighted by atomic mass is 9.73. The minimum atomic E-state index is -0.201. The van der Waals surface area contributed by atoms with Crippen molar-refractivity contribution in [3.8, 4) is 22.5 Å². The summed E-state index contributed by atoms with van der Waals surface area (Å²) < 4.78 is 6.32. The molecule has 2 aromatic carbocycles. The number of hydrogen-bond acceptors (Lipinski definition) is 4. The number of aromatic nitrogens is 3. The van der Waals surface area contributed by atoms with Crippen molar-refractivity contribution in [1.82, 2.24) is 20.5 Å². The summed E-state index contributed by atoms with van der Waals surface area (Å²) in [5.74, 6) is 1.63. The van der Waals surface area contributed by atoms with Crippen LogP contribution in [0.5, 0.6) is 0 Å². The van der Waals surface area contributed by atoms with Crippen LogP contribution in [0.2, 0.25) is 0 Å². The van der Waals surface area contributed by atoms with E-state index < -0.39 is 0 Å². The summed E-state index contributed by atoms with van der Waals surface area (Å²) in [4.78, 5) is 4.73. The molecule has 1 saturated heterocycles. The van der Waals surface area contributed by atoms with Gasteiger partial charge in [0.15, 0.2) is 5.76 Å². The molecule has 0 amide bonds. The number of H-pyrrole nitrogens is 1. The quantitative estimate of drug-likeness (QED) is 0.559. The van der Waals surface area contributed by atoms with Crippen LogP contribution < -0.4 is 5.32 Å². The highest BCUT2D eigenvalue weighted by atomic mass is 16.4. The predicted molar refractivity (Wildman–Crippen MR) is 109 cm³/mol. The Morgan fingerprint density at radius 1 is 0.821 bits per heavy atom. The number of benzene rings is 2. The Bertz CT molecular complexity index is 1030. The van der Waals surface area contributed by atoms with Crippen LogP contribution in [-0.2, 0) is 5.41 Å². The summed E-state index contributed by atoms with van der Waals surface area (Å²) >= 11 is 0. The van der Waals surface area contributed by atoms with Crippen LogP contribution in [0.15, 0.2) is 77.6 Å². The van der Waals surface area contributed by atoms with Gasteiger partial charge in [0.2, 0.25) is 5.89 Å². The lowest BCUT2D eigenvalue weighted by molar-refractivity contribution is 0.294. The van der Waals surface area contributed by atoms with Crippen molar-refractivity contribution >= 4 is 0 Å². The predicted octanol–water partition coefficient (Wildman–Crippen LogP) is 4.40. The zero-order valence-electron chi connectivity index (χ0n) is 15.6. The van der Waals surface area contributed by atoms with Crippen LogP contribution in [0.1, 0.15) is 24.3 Å². The van der Waals surface area contributed by atoms with E-state index in [1.807, 2.05) is 36.8 Å². The third-order valence-corrected chi connectivity index (χ3v) is 5.70. The normalized spacial score (nSPS) is 16.1. The van der Waals surface area contributed by atoms with E-state index in [0.717, 1.165) is 54.3 Å². The van der Waals surface area contributed by atoms with E-state index in [1.165, 1.54) is 5.56 Å². The van der Waals surface area contributed by atoms with Crippen LogP contribution in [0.25, 0.3) is 22.5 Å². The molecule has 5 nitrogen and oxygen atoms in total. The Balaban J connectivity index is 1.54. The maximum absolute atomic E-state index is 6.32. The summed E-state index contributed by atoms with van der Waals surface area (Å²) in [7, 11) is 0. The molecule has 0 spiro atoms. The zero-order chi connectivity index (χ0) is 18.8. The van der Waals surface area contributed by atoms with Crippen LogP contribution in [0.4, 0.5) is 0 Å². The first-order valence-electron chi connectivity index (χ1n) is 9.67. The van der Waals surface area contributed by atoms with Crippen LogP contribution >= 0.6 is 0 Å². The summed E-state index contributed by atoms with van der Waals surface area (Å²) in [6.07, 6.45) is 7.54. The first kappa shape index (κ1) is 17.0. The number of aromatic amines is 1. The molecule has 5 rings (SSSR count). The highest BCUT2D eigenvalue weighted by Crippen LogP contribution is 2.41. The Kier molecular flexibility index (Phi) is 4.29. The van der Waals surface area contributed by atoms with Crippen molar-refractivity contribution in [2.75, 3.05) is 13.1 Å². The monoisotopic (exact) mass is 370 g/mol. The minimum Gasteiger partial charge on any atom is -0.440 e. The lowest BCUT2D eigenvalue weighted by Crippen LogP contribution is -2.41. The Labute approximate surface area is 163 Å². The zero-order valence-corrected chi connectivity index (χ0v) is 15.6. The molecule has 140 valence electrons. The molecule has 4 aromatic rings. The van der Waals surface area contributed by atoms with Crippen molar-refractivity contribution in [2.45, 2.75) is 18.3 Å². The van der Waals surface area contributed by atoms with Crippen molar-refractivity contribution in [3.05, 3.63) is 84.6 Å². The average Bonchev–Trinajstić information content (AvgIpc) is 3.48. The molecule has 0 unspecified atom stereocenters. The SMILES string of the molecule is c1ccc(-c2cnc(C3(c4ccc(-c5cn[nH]c5)cc4)CCNCC3)o2)cc1. The summed E-state index contributed by atoms with van der Waals surface area (Å²) in [5, 5.41) is 10.4. The summed E-state index contributed by atoms with van der Waals surface area (Å²) in [5.41, 5.74) is 4.35. The van der Waals surface area contributed by atoms with Crippen LogP contribution in [0.3, 0.4) is 0 Å². The highest BCUT2D eigenvalue weighted by molar-refractivity contribution is 5.62. The van der Waals surface area contributed by atoms with E-state index >= 15 is 0 Å². The molecule has 0 atom stereocenters. The van der Waals surface area contributed by atoms with Gasteiger partial charge in [0.05, 0.1) is 17.8 Å². The van der Waals surface area contributed by atoms with Gasteiger partial charge in [-0.15, -0.1) is 0 Å². The molecule has 2 aromatic heterocycles. The van der Waals surface area contributed by atoms with Crippen molar-refractivity contribution in [2.24, 2.45) is 0 Å². The molecular formula is C23H22N4O. The molecule has 2 N–H and O–H groups in total. The largest absolute Gasteiger partial charge is 0.440 e. The topological polar surface area (TPSA) is 66.7 Å². The van der Waals surface area contributed by atoms with E-state index in [9.17, 15) is 0 Å². The molecular weight excluding hydrogens is 348 g/mol. The second kappa shape index (κ2) is 7.09. The van der Waals surface area contributed by atoms with E-state index in [1.54, 1.807) is 0 Å². The minimum absolute atomic E-state index is 0.201. The first-order valence-corrected chi connectivity index (χ1v) is 9.67. The highest BCUT2D eigenvalue weighted by Gasteiger charge is 2.40. The molecule has 1 aliphatic rings. The van der Waals surface area contributed by atoms with Crippen molar-refractivity contribution < 1.29 is 4.42 Å². The van der Waals surface area contributed by atoms with Gasteiger partial charge in [-0.3, -0.25) is 5.10 Å². The van der Waals surface area contributed by atoms with E-state index in [4.69, 9.17) is 9.40 Å². The molecule has 0 bridgehead atoms. The van der Waals surface area contributed by atoms with Gasteiger partial charge in [-0.25, -0.2) is 4.98 Å². The second-order valence-electron chi connectivity index (χ2n) is 7.29. The van der Waals surface area contributed by atoms with Gasteiger partial charge in [-0.2, -0.15) is 5.10 Å². The third-order valence-electron chi connectivity index (χ3n) is 5.70. The molecule has 28 heavy (non-hydrogen) atoms.